The first-order valence-electron chi connectivity index (χ1n) is 5.45. The second-order valence-electron chi connectivity index (χ2n) is 3.74. The quantitative estimate of drug-likeness (QED) is 0.654. The van der Waals surface area contributed by atoms with Crippen LogP contribution in [0.25, 0.3) is 0 Å². The number of pyridine rings is 1. The van der Waals surface area contributed by atoms with Gasteiger partial charge in [-0.05, 0) is 18.2 Å². The highest BCUT2D eigenvalue weighted by molar-refractivity contribution is 5.62. The van der Waals surface area contributed by atoms with Gasteiger partial charge in [-0.3, -0.25) is 10.1 Å². The molecule has 0 aliphatic carbocycles. The molecule has 0 amide bonds. The molecule has 1 aromatic carbocycles. The summed E-state index contributed by atoms with van der Waals surface area (Å²) in [4.78, 5) is 14.4. The number of benzene rings is 1. The fourth-order valence-corrected chi connectivity index (χ4v) is 1.53. The van der Waals surface area contributed by atoms with Crippen molar-refractivity contribution in [3.05, 3.63) is 52.3 Å². The van der Waals surface area contributed by atoms with E-state index in [1.165, 1.54) is 30.3 Å². The molecule has 7 heteroatoms. The number of halogens is 1. The first kappa shape index (κ1) is 12.7. The Morgan fingerprint density at radius 2 is 2.00 bits per heavy atom. The van der Waals surface area contributed by atoms with Crippen LogP contribution in [0.2, 0.25) is 0 Å². The minimum Gasteiger partial charge on any atom is -0.373 e. The Morgan fingerprint density at radius 3 is 2.63 bits per heavy atom. The maximum Gasteiger partial charge on any atom is 0.276 e. The number of anilines is 3. The molecule has 6 nitrogen and oxygen atoms in total. The van der Waals surface area contributed by atoms with E-state index in [2.05, 4.69) is 15.6 Å². The van der Waals surface area contributed by atoms with Crippen LogP contribution in [0, 0.1) is 15.9 Å². The summed E-state index contributed by atoms with van der Waals surface area (Å²) < 4.78 is 13.0. The van der Waals surface area contributed by atoms with Crippen LogP contribution in [-0.4, -0.2) is 17.0 Å². The van der Waals surface area contributed by atoms with Crippen molar-refractivity contribution in [2.24, 2.45) is 0 Å². The molecule has 1 heterocycles. The van der Waals surface area contributed by atoms with Crippen molar-refractivity contribution in [3.63, 3.8) is 0 Å². The van der Waals surface area contributed by atoms with Gasteiger partial charge in [-0.2, -0.15) is 0 Å². The number of rotatable bonds is 4. The summed E-state index contributed by atoms with van der Waals surface area (Å²) in [6, 6.07) is 8.36. The van der Waals surface area contributed by atoms with E-state index in [1.807, 2.05) is 0 Å². The zero-order valence-electron chi connectivity index (χ0n) is 10.1. The molecule has 0 fully saturated rings. The molecule has 19 heavy (non-hydrogen) atoms. The topological polar surface area (TPSA) is 80.1 Å². The van der Waals surface area contributed by atoms with E-state index in [0.29, 0.717) is 11.5 Å². The zero-order valence-corrected chi connectivity index (χ0v) is 10.1. The van der Waals surface area contributed by atoms with Crippen LogP contribution in [0.5, 0.6) is 0 Å². The van der Waals surface area contributed by atoms with Crippen LogP contribution in [-0.2, 0) is 0 Å². The van der Waals surface area contributed by atoms with E-state index in [4.69, 9.17) is 0 Å². The van der Waals surface area contributed by atoms with Crippen LogP contribution in [0.1, 0.15) is 0 Å². The van der Waals surface area contributed by atoms with Gasteiger partial charge in [-0.1, -0.05) is 6.07 Å². The van der Waals surface area contributed by atoms with Crippen LogP contribution in [0.4, 0.5) is 27.4 Å². The molecule has 0 radical (unpaired) electrons. The smallest absolute Gasteiger partial charge is 0.276 e. The molecule has 0 saturated carbocycles. The van der Waals surface area contributed by atoms with Gasteiger partial charge in [0.05, 0.1) is 17.1 Å². The zero-order chi connectivity index (χ0) is 13.8. The minimum absolute atomic E-state index is 0.0988. The largest absolute Gasteiger partial charge is 0.373 e. The summed E-state index contributed by atoms with van der Waals surface area (Å²) in [5.74, 6) is 0.224. The fraction of sp³-hybridized carbons (Fsp3) is 0.0833. The number of aromatic nitrogens is 1. The van der Waals surface area contributed by atoms with Gasteiger partial charge >= 0.3 is 0 Å². The van der Waals surface area contributed by atoms with Gasteiger partial charge in [-0.25, -0.2) is 9.37 Å². The van der Waals surface area contributed by atoms with E-state index in [-0.39, 0.29) is 11.5 Å². The monoisotopic (exact) mass is 262 g/mol. The van der Waals surface area contributed by atoms with Crippen molar-refractivity contribution in [3.8, 4) is 0 Å². The normalized spacial score (nSPS) is 10.0. The molecule has 0 unspecified atom stereocenters. The fourth-order valence-electron chi connectivity index (χ4n) is 1.53. The highest BCUT2D eigenvalue weighted by atomic mass is 19.1. The molecular formula is C12H11FN4O2. The van der Waals surface area contributed by atoms with Crippen molar-refractivity contribution in [1.82, 2.24) is 4.98 Å². The molecule has 2 rings (SSSR count). The number of nitro groups is 1. The number of nitrogens with one attached hydrogen (secondary N) is 2. The van der Waals surface area contributed by atoms with Crippen LogP contribution >= 0.6 is 0 Å². The predicted molar refractivity (Wildman–Crippen MR) is 70.1 cm³/mol. The summed E-state index contributed by atoms with van der Waals surface area (Å²) in [6.45, 7) is 0. The van der Waals surface area contributed by atoms with Crippen molar-refractivity contribution < 1.29 is 9.31 Å². The lowest BCUT2D eigenvalue weighted by atomic mass is 10.3. The molecular weight excluding hydrogens is 251 g/mol. The van der Waals surface area contributed by atoms with Gasteiger partial charge in [-0.15, -0.1) is 0 Å². The average molecular weight is 262 g/mol. The maximum absolute atomic E-state index is 13.0. The van der Waals surface area contributed by atoms with Gasteiger partial charge in [0.15, 0.2) is 0 Å². The van der Waals surface area contributed by atoms with Crippen LogP contribution in [0.3, 0.4) is 0 Å². The minimum atomic E-state index is -0.515. The lowest BCUT2D eigenvalue weighted by Gasteiger charge is -2.07. The Morgan fingerprint density at radius 1 is 1.26 bits per heavy atom. The Balaban J connectivity index is 2.34. The van der Waals surface area contributed by atoms with E-state index in [1.54, 1.807) is 13.1 Å². The van der Waals surface area contributed by atoms with Gasteiger partial charge in [0.2, 0.25) is 0 Å². The summed E-state index contributed by atoms with van der Waals surface area (Å²) in [5, 5.41) is 16.3. The SMILES string of the molecule is CNc1cc([N+](=O)[O-])cc(Nc2cccc(F)c2)n1. The second-order valence-corrected chi connectivity index (χ2v) is 3.74. The Bertz CT molecular complexity index is 618. The highest BCUT2D eigenvalue weighted by Crippen LogP contribution is 2.23. The molecule has 0 atom stereocenters. The maximum atomic E-state index is 13.0. The van der Waals surface area contributed by atoms with Crippen molar-refractivity contribution in [2.45, 2.75) is 0 Å². The van der Waals surface area contributed by atoms with Crippen LogP contribution in [0.15, 0.2) is 36.4 Å². The molecule has 0 aliphatic rings. The average Bonchev–Trinajstić information content (AvgIpc) is 2.38. The summed E-state index contributed by atoms with van der Waals surface area (Å²) in [6.07, 6.45) is 0. The molecule has 0 aliphatic heterocycles. The number of hydrogen-bond donors (Lipinski definition) is 2. The summed E-state index contributed by atoms with van der Waals surface area (Å²) in [7, 11) is 1.61. The predicted octanol–water partition coefficient (Wildman–Crippen LogP) is 2.91. The van der Waals surface area contributed by atoms with E-state index in [0.717, 1.165) is 0 Å². The molecule has 2 aromatic rings. The highest BCUT2D eigenvalue weighted by Gasteiger charge is 2.10. The first-order valence-corrected chi connectivity index (χ1v) is 5.45. The number of nitrogens with zero attached hydrogens (tertiary/aromatic N) is 2. The third kappa shape index (κ3) is 3.15. The van der Waals surface area contributed by atoms with E-state index >= 15 is 0 Å². The Hall–Kier alpha value is -2.70. The van der Waals surface area contributed by atoms with E-state index in [9.17, 15) is 14.5 Å². The van der Waals surface area contributed by atoms with Gasteiger partial charge < -0.3 is 10.6 Å². The lowest BCUT2D eigenvalue weighted by Crippen LogP contribution is -2.00. The molecule has 0 spiro atoms. The molecule has 1 aromatic heterocycles. The molecule has 0 saturated heterocycles. The lowest BCUT2D eigenvalue weighted by molar-refractivity contribution is -0.384. The summed E-state index contributed by atoms with van der Waals surface area (Å²) >= 11 is 0. The van der Waals surface area contributed by atoms with Gasteiger partial charge in [0, 0.05) is 12.7 Å². The Kier molecular flexibility index (Phi) is 3.56. The van der Waals surface area contributed by atoms with Crippen LogP contribution < -0.4 is 10.6 Å². The second kappa shape index (κ2) is 5.30. The molecule has 0 bridgehead atoms. The summed E-state index contributed by atoms with van der Waals surface area (Å²) in [5.41, 5.74) is 0.369. The standard InChI is InChI=1S/C12H11FN4O2/c1-14-11-6-10(17(18)19)7-12(16-11)15-9-4-2-3-8(13)5-9/h2-7H,1H3,(H2,14,15,16). The van der Waals surface area contributed by atoms with Crippen molar-refractivity contribution in [1.29, 1.82) is 0 Å². The Labute approximate surface area is 108 Å². The van der Waals surface area contributed by atoms with E-state index < -0.39 is 10.7 Å². The third-order valence-corrected chi connectivity index (χ3v) is 2.37. The van der Waals surface area contributed by atoms with Gasteiger partial charge in [0.1, 0.15) is 17.5 Å². The molecule has 98 valence electrons. The number of hydrogen-bond acceptors (Lipinski definition) is 5. The third-order valence-electron chi connectivity index (χ3n) is 2.37. The van der Waals surface area contributed by atoms with Crippen molar-refractivity contribution >= 4 is 23.0 Å². The molecule has 2 N–H and O–H groups in total. The first-order chi connectivity index (χ1) is 9.08. The van der Waals surface area contributed by atoms with Crippen molar-refractivity contribution in [2.75, 3.05) is 17.7 Å². The van der Waals surface area contributed by atoms with Gasteiger partial charge in [0.25, 0.3) is 5.69 Å².